The molecule has 4 heterocycles. The first-order chi connectivity index (χ1) is 13.8. The average molecular weight is 457 g/mol. The molecule has 0 aromatic carbocycles. The van der Waals surface area contributed by atoms with Crippen molar-refractivity contribution in [3.8, 4) is 0 Å². The first kappa shape index (κ1) is 24.1. The molecule has 170 valence electrons. The Kier molecular flexibility index (Phi) is 8.68. The monoisotopic (exact) mass is 456 g/mol. The van der Waals surface area contributed by atoms with Crippen LogP contribution in [0.5, 0.6) is 0 Å². The Bertz CT molecular complexity index is 749. The fourth-order valence-corrected chi connectivity index (χ4v) is 6.16. The molecule has 30 heavy (non-hydrogen) atoms. The lowest BCUT2D eigenvalue weighted by Gasteiger charge is -2.37. The van der Waals surface area contributed by atoms with Gasteiger partial charge in [-0.15, -0.1) is 24.8 Å². The van der Waals surface area contributed by atoms with Gasteiger partial charge in [-0.2, -0.15) is 0 Å². The Hall–Kier alpha value is -0.590. The van der Waals surface area contributed by atoms with Crippen LogP contribution in [0.3, 0.4) is 0 Å². The van der Waals surface area contributed by atoms with E-state index < -0.39 is 0 Å². The number of hydrogen-bond donors (Lipinski definition) is 1. The SMILES string of the molecule is Cl.Cl.O=c1c(CN2CCCN(C3CCCCC3)CC2)ccc2n1C[C@@H]1CNC[C@H]2C1. The van der Waals surface area contributed by atoms with Crippen molar-refractivity contribution in [3.63, 3.8) is 0 Å². The van der Waals surface area contributed by atoms with Gasteiger partial charge < -0.3 is 9.88 Å². The van der Waals surface area contributed by atoms with E-state index in [2.05, 4.69) is 31.8 Å². The highest BCUT2D eigenvalue weighted by atomic mass is 35.5. The number of rotatable bonds is 3. The second-order valence-corrected chi connectivity index (χ2v) is 9.61. The molecular weight excluding hydrogens is 419 g/mol. The van der Waals surface area contributed by atoms with Crippen molar-refractivity contribution in [2.24, 2.45) is 5.92 Å². The minimum absolute atomic E-state index is 0. The highest BCUT2D eigenvalue weighted by molar-refractivity contribution is 5.85. The lowest BCUT2D eigenvalue weighted by Crippen LogP contribution is -2.45. The molecule has 0 spiro atoms. The normalized spacial score (nSPS) is 28.0. The van der Waals surface area contributed by atoms with Crippen LogP contribution < -0.4 is 10.9 Å². The number of fused-ring (bicyclic) bond motifs is 4. The van der Waals surface area contributed by atoms with E-state index in [0.717, 1.165) is 50.9 Å². The molecule has 7 heteroatoms. The highest BCUT2D eigenvalue weighted by Crippen LogP contribution is 2.32. The first-order valence-corrected chi connectivity index (χ1v) is 11.7. The van der Waals surface area contributed by atoms with Crippen LogP contribution in [0.1, 0.15) is 62.1 Å². The van der Waals surface area contributed by atoms with Crippen molar-refractivity contribution >= 4 is 24.8 Å². The predicted octanol–water partition coefficient (Wildman–Crippen LogP) is 3.24. The van der Waals surface area contributed by atoms with Gasteiger partial charge in [0.25, 0.3) is 5.56 Å². The number of nitrogens with one attached hydrogen (secondary N) is 1. The van der Waals surface area contributed by atoms with Gasteiger partial charge in [0.15, 0.2) is 0 Å². The Morgan fingerprint density at radius 3 is 2.60 bits per heavy atom. The van der Waals surface area contributed by atoms with Crippen LogP contribution >= 0.6 is 24.8 Å². The van der Waals surface area contributed by atoms with Gasteiger partial charge >= 0.3 is 0 Å². The third kappa shape index (κ3) is 5.07. The van der Waals surface area contributed by atoms with Crippen molar-refractivity contribution in [3.05, 3.63) is 33.7 Å². The fourth-order valence-electron chi connectivity index (χ4n) is 6.16. The van der Waals surface area contributed by atoms with Crippen molar-refractivity contribution in [1.29, 1.82) is 0 Å². The highest BCUT2D eigenvalue weighted by Gasteiger charge is 2.31. The van der Waals surface area contributed by atoms with Gasteiger partial charge in [-0.1, -0.05) is 25.3 Å². The Morgan fingerprint density at radius 2 is 1.77 bits per heavy atom. The summed E-state index contributed by atoms with van der Waals surface area (Å²) in [4.78, 5) is 18.5. The van der Waals surface area contributed by atoms with Crippen LogP contribution in [-0.4, -0.2) is 59.7 Å². The Balaban J connectivity index is 0.00000128. The molecule has 4 aliphatic rings. The van der Waals surface area contributed by atoms with Crippen LogP contribution in [-0.2, 0) is 13.1 Å². The molecule has 0 radical (unpaired) electrons. The summed E-state index contributed by atoms with van der Waals surface area (Å²) in [5.41, 5.74) is 2.54. The van der Waals surface area contributed by atoms with Crippen molar-refractivity contribution < 1.29 is 0 Å². The summed E-state index contributed by atoms with van der Waals surface area (Å²) in [7, 11) is 0. The lowest BCUT2D eigenvalue weighted by molar-refractivity contribution is 0.158. The molecule has 1 aromatic heterocycles. The van der Waals surface area contributed by atoms with Crippen molar-refractivity contribution in [2.45, 2.75) is 70.0 Å². The van der Waals surface area contributed by atoms with Crippen molar-refractivity contribution in [1.82, 2.24) is 19.7 Å². The van der Waals surface area contributed by atoms with Gasteiger partial charge in [0.2, 0.25) is 0 Å². The molecule has 3 fully saturated rings. The molecule has 1 saturated carbocycles. The third-order valence-electron chi connectivity index (χ3n) is 7.70. The number of halogens is 2. The molecular formula is C23H38Cl2N4O. The lowest BCUT2D eigenvalue weighted by atomic mass is 9.84. The second kappa shape index (κ2) is 10.8. The van der Waals surface area contributed by atoms with Crippen LogP contribution in [0.25, 0.3) is 0 Å². The summed E-state index contributed by atoms with van der Waals surface area (Å²) >= 11 is 0. The summed E-state index contributed by atoms with van der Waals surface area (Å²) in [5.74, 6) is 1.15. The molecule has 1 aliphatic carbocycles. The molecule has 1 N–H and O–H groups in total. The van der Waals surface area contributed by atoms with Crippen molar-refractivity contribution in [2.75, 3.05) is 39.3 Å². The number of pyridine rings is 1. The molecule has 0 unspecified atom stereocenters. The third-order valence-corrected chi connectivity index (χ3v) is 7.70. The largest absolute Gasteiger partial charge is 0.316 e. The molecule has 2 bridgehead atoms. The smallest absolute Gasteiger partial charge is 0.255 e. The van der Waals surface area contributed by atoms with E-state index >= 15 is 0 Å². The standard InChI is InChI=1S/C23H36N4O.2ClH/c28-23-19(7-8-22-20-13-18(14-24-15-20)16-27(22)23)17-25-9-4-10-26(12-11-25)21-5-2-1-3-6-21;;/h7-8,18,20-21,24H,1-6,9-17H2;2*1H/t18-,20+;;/m0../s1. The average Bonchev–Trinajstić information content (AvgIpc) is 2.97. The van der Waals surface area contributed by atoms with E-state index in [-0.39, 0.29) is 30.4 Å². The molecule has 3 aliphatic heterocycles. The zero-order valence-electron chi connectivity index (χ0n) is 18.1. The minimum atomic E-state index is 0. The maximum Gasteiger partial charge on any atom is 0.255 e. The zero-order valence-corrected chi connectivity index (χ0v) is 19.7. The zero-order chi connectivity index (χ0) is 18.9. The van der Waals surface area contributed by atoms with Gasteiger partial charge in [0.1, 0.15) is 0 Å². The van der Waals surface area contributed by atoms with Gasteiger partial charge in [0, 0.05) is 55.9 Å². The van der Waals surface area contributed by atoms with Crippen LogP contribution in [0.4, 0.5) is 0 Å². The van der Waals surface area contributed by atoms with Crippen LogP contribution in [0.2, 0.25) is 0 Å². The van der Waals surface area contributed by atoms with Gasteiger partial charge in [0.05, 0.1) is 0 Å². The summed E-state index contributed by atoms with van der Waals surface area (Å²) < 4.78 is 2.11. The summed E-state index contributed by atoms with van der Waals surface area (Å²) in [5, 5.41) is 3.54. The second-order valence-electron chi connectivity index (χ2n) is 9.61. The molecule has 1 aromatic rings. The first-order valence-electron chi connectivity index (χ1n) is 11.7. The molecule has 5 nitrogen and oxygen atoms in total. The van der Waals surface area contributed by atoms with E-state index in [1.165, 1.54) is 63.7 Å². The number of aromatic nitrogens is 1. The minimum Gasteiger partial charge on any atom is -0.316 e. The van der Waals surface area contributed by atoms with Gasteiger partial charge in [-0.25, -0.2) is 0 Å². The summed E-state index contributed by atoms with van der Waals surface area (Å²) in [6, 6.07) is 5.19. The van der Waals surface area contributed by atoms with E-state index in [1.807, 2.05) is 0 Å². The predicted molar refractivity (Wildman–Crippen MR) is 127 cm³/mol. The maximum atomic E-state index is 13.2. The number of hydrogen-bond acceptors (Lipinski definition) is 4. The molecule has 0 amide bonds. The van der Waals surface area contributed by atoms with E-state index in [4.69, 9.17) is 0 Å². The number of piperidine rings is 1. The topological polar surface area (TPSA) is 40.5 Å². The van der Waals surface area contributed by atoms with Gasteiger partial charge in [-0.05, 0) is 57.3 Å². The Labute approximate surface area is 193 Å². The van der Waals surface area contributed by atoms with E-state index in [9.17, 15) is 4.79 Å². The van der Waals surface area contributed by atoms with Gasteiger partial charge in [-0.3, -0.25) is 14.6 Å². The summed E-state index contributed by atoms with van der Waals surface area (Å²) in [6.45, 7) is 8.46. The van der Waals surface area contributed by atoms with E-state index in [1.54, 1.807) is 0 Å². The number of nitrogens with zero attached hydrogens (tertiary/aromatic N) is 3. The molecule has 5 rings (SSSR count). The maximum absolute atomic E-state index is 13.2. The molecule has 2 atom stereocenters. The quantitative estimate of drug-likeness (QED) is 0.757. The van der Waals surface area contributed by atoms with Crippen LogP contribution in [0, 0.1) is 5.92 Å². The fraction of sp³-hybridized carbons (Fsp3) is 0.783. The Morgan fingerprint density at radius 1 is 0.933 bits per heavy atom. The van der Waals surface area contributed by atoms with Crippen LogP contribution in [0.15, 0.2) is 16.9 Å². The van der Waals surface area contributed by atoms with E-state index in [0.29, 0.717) is 11.8 Å². The molecule has 2 saturated heterocycles. The summed E-state index contributed by atoms with van der Waals surface area (Å²) in [6.07, 6.45) is 9.51.